The van der Waals surface area contributed by atoms with Crippen LogP contribution in [0.3, 0.4) is 0 Å². The van der Waals surface area contributed by atoms with Gasteiger partial charge in [-0.25, -0.2) is 0 Å². The summed E-state index contributed by atoms with van der Waals surface area (Å²) in [6.45, 7) is 3.31. The molecule has 2 aromatic carbocycles. The van der Waals surface area contributed by atoms with Crippen molar-refractivity contribution in [3.63, 3.8) is 0 Å². The monoisotopic (exact) mass is 440 g/mol. The molecule has 2 rings (SSSR count). The smallest absolute Gasteiger partial charge is 0.269 e. The van der Waals surface area contributed by atoms with Gasteiger partial charge in [0, 0.05) is 32.3 Å². The Balaban J connectivity index is 0.00000288. The fourth-order valence-corrected chi connectivity index (χ4v) is 2.13. The summed E-state index contributed by atoms with van der Waals surface area (Å²) in [5.41, 5.74) is 3.49. The van der Waals surface area contributed by atoms with E-state index in [-0.39, 0.29) is 29.7 Å². The number of rotatable bonds is 5. The van der Waals surface area contributed by atoms with Crippen LogP contribution in [0, 0.1) is 17.0 Å². The molecule has 7 heteroatoms. The minimum atomic E-state index is -0.403. The largest absolute Gasteiger partial charge is 0.352 e. The third kappa shape index (κ3) is 5.80. The molecule has 0 fully saturated rings. The number of guanidine groups is 1. The Bertz CT molecular complexity index is 702. The van der Waals surface area contributed by atoms with E-state index in [4.69, 9.17) is 0 Å². The quantitative estimate of drug-likeness (QED) is 0.246. The number of hydrogen-bond donors (Lipinski definition) is 2. The Morgan fingerprint density at radius 2 is 1.71 bits per heavy atom. The Kier molecular flexibility index (Phi) is 8.17. The second-order valence-corrected chi connectivity index (χ2v) is 5.13. The van der Waals surface area contributed by atoms with Crippen molar-refractivity contribution in [2.45, 2.75) is 20.0 Å². The van der Waals surface area contributed by atoms with Gasteiger partial charge in [0.25, 0.3) is 5.69 Å². The van der Waals surface area contributed by atoms with Crippen molar-refractivity contribution < 1.29 is 4.92 Å². The number of halogens is 1. The maximum atomic E-state index is 10.6. The molecule has 0 saturated heterocycles. The molecular weight excluding hydrogens is 419 g/mol. The molecule has 2 N–H and O–H groups in total. The second-order valence-electron chi connectivity index (χ2n) is 5.13. The average Bonchev–Trinajstić information content (AvgIpc) is 2.57. The summed E-state index contributed by atoms with van der Waals surface area (Å²) in [4.78, 5) is 14.4. The fraction of sp³-hybridized carbons (Fsp3) is 0.235. The molecule has 2 aromatic rings. The number of aliphatic imine (C=N–C) groups is 1. The van der Waals surface area contributed by atoms with Gasteiger partial charge in [0.1, 0.15) is 0 Å². The Morgan fingerprint density at radius 3 is 2.29 bits per heavy atom. The standard InChI is InChI=1S/C17H20N4O2.HI/c1-13-5-3-4-6-15(13)12-20-17(18-2)19-11-14-7-9-16(10-8-14)21(22)23;/h3-10H,11-12H2,1-2H3,(H2,18,19,20);1H. The van der Waals surface area contributed by atoms with Gasteiger partial charge in [-0.1, -0.05) is 36.4 Å². The molecule has 0 saturated carbocycles. The van der Waals surface area contributed by atoms with Crippen LogP contribution in [0.2, 0.25) is 0 Å². The number of nitro benzene ring substituents is 1. The van der Waals surface area contributed by atoms with Crippen LogP contribution in [-0.2, 0) is 13.1 Å². The molecule has 0 radical (unpaired) electrons. The predicted octanol–water partition coefficient (Wildman–Crippen LogP) is 3.39. The molecule has 0 amide bonds. The SMILES string of the molecule is CN=C(NCc1ccc([N+](=O)[O-])cc1)NCc1ccccc1C.I. The lowest BCUT2D eigenvalue weighted by Gasteiger charge is -2.13. The summed E-state index contributed by atoms with van der Waals surface area (Å²) in [6.07, 6.45) is 0. The highest BCUT2D eigenvalue weighted by atomic mass is 127. The summed E-state index contributed by atoms with van der Waals surface area (Å²) < 4.78 is 0. The fourth-order valence-electron chi connectivity index (χ4n) is 2.13. The van der Waals surface area contributed by atoms with E-state index >= 15 is 0 Å². The molecule has 24 heavy (non-hydrogen) atoms. The van der Waals surface area contributed by atoms with Gasteiger partial charge < -0.3 is 10.6 Å². The zero-order valence-corrected chi connectivity index (χ0v) is 16.0. The number of nitro groups is 1. The van der Waals surface area contributed by atoms with Crippen molar-refractivity contribution in [2.75, 3.05) is 7.05 Å². The summed E-state index contributed by atoms with van der Waals surface area (Å²) in [7, 11) is 1.71. The van der Waals surface area contributed by atoms with Crippen molar-refractivity contribution >= 4 is 35.6 Å². The van der Waals surface area contributed by atoms with E-state index in [0.717, 1.165) is 5.56 Å². The molecular formula is C17H21IN4O2. The van der Waals surface area contributed by atoms with E-state index in [0.29, 0.717) is 19.0 Å². The zero-order chi connectivity index (χ0) is 16.7. The lowest BCUT2D eigenvalue weighted by molar-refractivity contribution is -0.384. The maximum absolute atomic E-state index is 10.6. The number of nitrogens with zero attached hydrogens (tertiary/aromatic N) is 2. The van der Waals surface area contributed by atoms with Gasteiger partial charge in [0.2, 0.25) is 0 Å². The second kappa shape index (κ2) is 9.86. The Morgan fingerprint density at radius 1 is 1.08 bits per heavy atom. The van der Waals surface area contributed by atoms with Crippen molar-refractivity contribution in [2.24, 2.45) is 4.99 Å². The van der Waals surface area contributed by atoms with E-state index in [9.17, 15) is 10.1 Å². The zero-order valence-electron chi connectivity index (χ0n) is 13.7. The van der Waals surface area contributed by atoms with Crippen LogP contribution in [0.4, 0.5) is 5.69 Å². The molecule has 0 aromatic heterocycles. The van der Waals surface area contributed by atoms with Crippen LogP contribution in [-0.4, -0.2) is 17.9 Å². The van der Waals surface area contributed by atoms with Gasteiger partial charge in [0.15, 0.2) is 5.96 Å². The minimum absolute atomic E-state index is 0. The number of non-ortho nitro benzene ring substituents is 1. The molecule has 0 aliphatic rings. The third-order valence-corrected chi connectivity index (χ3v) is 3.54. The summed E-state index contributed by atoms with van der Waals surface area (Å²) >= 11 is 0. The Hall–Kier alpha value is -2.16. The number of aryl methyl sites for hydroxylation is 1. The first-order valence-electron chi connectivity index (χ1n) is 7.32. The van der Waals surface area contributed by atoms with Crippen LogP contribution in [0.15, 0.2) is 53.5 Å². The third-order valence-electron chi connectivity index (χ3n) is 3.54. The molecule has 0 spiro atoms. The summed E-state index contributed by atoms with van der Waals surface area (Å²) in [6, 6.07) is 14.6. The van der Waals surface area contributed by atoms with E-state index < -0.39 is 4.92 Å². The highest BCUT2D eigenvalue weighted by Gasteiger charge is 2.05. The van der Waals surface area contributed by atoms with Gasteiger partial charge >= 0.3 is 0 Å². The van der Waals surface area contributed by atoms with Crippen molar-refractivity contribution in [1.82, 2.24) is 10.6 Å². The van der Waals surface area contributed by atoms with E-state index in [1.807, 2.05) is 12.1 Å². The highest BCUT2D eigenvalue weighted by Crippen LogP contribution is 2.11. The number of nitrogens with one attached hydrogen (secondary N) is 2. The predicted molar refractivity (Wildman–Crippen MR) is 107 cm³/mol. The summed E-state index contributed by atoms with van der Waals surface area (Å²) in [5, 5.41) is 17.1. The van der Waals surface area contributed by atoms with E-state index in [2.05, 4.69) is 34.7 Å². The first-order valence-corrected chi connectivity index (χ1v) is 7.32. The Labute approximate surface area is 158 Å². The molecule has 0 heterocycles. The molecule has 0 aliphatic heterocycles. The molecule has 128 valence electrons. The van der Waals surface area contributed by atoms with Crippen molar-refractivity contribution in [3.8, 4) is 0 Å². The average molecular weight is 440 g/mol. The highest BCUT2D eigenvalue weighted by molar-refractivity contribution is 14.0. The summed E-state index contributed by atoms with van der Waals surface area (Å²) in [5.74, 6) is 0.687. The van der Waals surface area contributed by atoms with Gasteiger partial charge in [-0.2, -0.15) is 0 Å². The van der Waals surface area contributed by atoms with Crippen molar-refractivity contribution in [1.29, 1.82) is 0 Å². The molecule has 0 unspecified atom stereocenters. The normalized spacial score (nSPS) is 10.7. The minimum Gasteiger partial charge on any atom is -0.352 e. The van der Waals surface area contributed by atoms with Gasteiger partial charge in [-0.15, -0.1) is 24.0 Å². The number of hydrogen-bond acceptors (Lipinski definition) is 3. The van der Waals surface area contributed by atoms with E-state index in [1.54, 1.807) is 19.2 Å². The van der Waals surface area contributed by atoms with Gasteiger partial charge in [-0.05, 0) is 23.6 Å². The van der Waals surface area contributed by atoms with Gasteiger partial charge in [0.05, 0.1) is 4.92 Å². The molecule has 0 bridgehead atoms. The lowest BCUT2D eigenvalue weighted by atomic mass is 10.1. The van der Waals surface area contributed by atoms with Crippen LogP contribution in [0.1, 0.15) is 16.7 Å². The van der Waals surface area contributed by atoms with Crippen LogP contribution in [0.5, 0.6) is 0 Å². The van der Waals surface area contributed by atoms with Crippen LogP contribution < -0.4 is 10.6 Å². The lowest BCUT2D eigenvalue weighted by Crippen LogP contribution is -2.36. The first kappa shape index (κ1) is 19.9. The number of benzene rings is 2. The molecule has 6 nitrogen and oxygen atoms in total. The topological polar surface area (TPSA) is 79.6 Å². The van der Waals surface area contributed by atoms with E-state index in [1.165, 1.54) is 23.3 Å². The molecule has 0 aliphatic carbocycles. The maximum Gasteiger partial charge on any atom is 0.269 e. The first-order chi connectivity index (χ1) is 11.1. The van der Waals surface area contributed by atoms with Gasteiger partial charge in [-0.3, -0.25) is 15.1 Å². The van der Waals surface area contributed by atoms with Crippen LogP contribution >= 0.6 is 24.0 Å². The molecule has 0 atom stereocenters. The van der Waals surface area contributed by atoms with Crippen LogP contribution in [0.25, 0.3) is 0 Å². The van der Waals surface area contributed by atoms with Crippen molar-refractivity contribution in [3.05, 3.63) is 75.3 Å².